The number of unbranched alkanes of at least 4 members (excludes halogenated alkanes) is 26. The van der Waals surface area contributed by atoms with Gasteiger partial charge in [-0.05, 0) is 39.5 Å². The molecule has 0 atom stereocenters. The number of rotatable bonds is 32. The van der Waals surface area contributed by atoms with Crippen molar-refractivity contribution in [3.63, 3.8) is 0 Å². The van der Waals surface area contributed by atoms with Crippen LogP contribution in [0.4, 0.5) is 0 Å². The molecule has 0 fully saturated rings. The zero-order valence-electron chi connectivity index (χ0n) is 27.1. The molecule has 0 aliphatic carbocycles. The maximum Gasteiger partial charge on any atom is 0.0786 e. The van der Waals surface area contributed by atoms with Crippen molar-refractivity contribution in [2.75, 3.05) is 26.2 Å². The standard InChI is InChI=1S/C36H76N.BH4/c1-5-9-11-13-15-17-19-21-23-25-27-29-31-33-35-37(7-3,8-4)36-34-32-30-28-26-24-22-20-18-16-14-12-10-6-2;/h5-36H2,1-4H3;1H4/q+1;-1. The van der Waals surface area contributed by atoms with Crippen molar-refractivity contribution in [2.45, 2.75) is 207 Å². The average Bonchev–Trinajstić information content (AvgIpc) is 2.92. The fourth-order valence-corrected chi connectivity index (χ4v) is 6.25. The lowest BCUT2D eigenvalue weighted by molar-refractivity contribution is -0.925. The summed E-state index contributed by atoms with van der Waals surface area (Å²) in [7, 11) is 0. The molecule has 0 bridgehead atoms. The Bertz CT molecular complexity index is 372. The molecule has 2 heteroatoms. The minimum Gasteiger partial charge on any atom is -0.324 e. The highest BCUT2D eigenvalue weighted by atomic mass is 15.3. The van der Waals surface area contributed by atoms with E-state index in [1.165, 1.54) is 210 Å². The largest absolute Gasteiger partial charge is 0.324 e. The fourth-order valence-electron chi connectivity index (χ4n) is 6.25. The first kappa shape index (κ1) is 40.2. The second-order valence-electron chi connectivity index (χ2n) is 12.6. The molecule has 0 amide bonds. The molecule has 0 saturated heterocycles. The number of quaternary nitrogens is 1. The molecule has 0 heterocycles. The van der Waals surface area contributed by atoms with Crippen LogP contribution in [0.1, 0.15) is 207 Å². The van der Waals surface area contributed by atoms with Gasteiger partial charge in [0.05, 0.1) is 26.2 Å². The van der Waals surface area contributed by atoms with Gasteiger partial charge in [-0.25, -0.2) is 0 Å². The topological polar surface area (TPSA) is 0 Å². The van der Waals surface area contributed by atoms with Crippen molar-refractivity contribution in [1.82, 2.24) is 0 Å². The summed E-state index contributed by atoms with van der Waals surface area (Å²) in [5.74, 6) is 0. The second-order valence-corrected chi connectivity index (χ2v) is 12.6. The fraction of sp³-hybridized carbons (Fsp3) is 1.00. The van der Waals surface area contributed by atoms with Gasteiger partial charge in [-0.15, -0.1) is 0 Å². The van der Waals surface area contributed by atoms with Crippen molar-refractivity contribution in [3.05, 3.63) is 0 Å². The van der Waals surface area contributed by atoms with E-state index in [2.05, 4.69) is 27.7 Å². The van der Waals surface area contributed by atoms with E-state index in [9.17, 15) is 0 Å². The van der Waals surface area contributed by atoms with E-state index in [0.29, 0.717) is 0 Å². The molecule has 0 aliphatic heterocycles. The molecule has 0 aromatic rings. The highest BCUT2D eigenvalue weighted by molar-refractivity contribution is 5.75. The third-order valence-electron chi connectivity index (χ3n) is 9.31. The van der Waals surface area contributed by atoms with Gasteiger partial charge in [-0.1, -0.05) is 176 Å². The van der Waals surface area contributed by atoms with Crippen molar-refractivity contribution < 1.29 is 4.48 Å². The molecular formula is C36H80BN. The monoisotopic (exact) mass is 538 g/mol. The Labute approximate surface area is 246 Å². The zero-order valence-corrected chi connectivity index (χ0v) is 27.1. The van der Waals surface area contributed by atoms with Crippen molar-refractivity contribution in [2.24, 2.45) is 0 Å². The van der Waals surface area contributed by atoms with Gasteiger partial charge >= 0.3 is 0 Å². The maximum absolute atomic E-state index is 2.44. The van der Waals surface area contributed by atoms with Crippen LogP contribution in [0, 0.1) is 0 Å². The summed E-state index contributed by atoms with van der Waals surface area (Å²) in [5.41, 5.74) is 0. The van der Waals surface area contributed by atoms with Crippen LogP contribution < -0.4 is 0 Å². The number of hydrogen-bond acceptors (Lipinski definition) is 0. The minimum absolute atomic E-state index is 0. The molecule has 0 N–H and O–H groups in total. The van der Waals surface area contributed by atoms with Gasteiger partial charge in [0.1, 0.15) is 0 Å². The molecule has 0 aromatic heterocycles. The summed E-state index contributed by atoms with van der Waals surface area (Å²) >= 11 is 0. The Balaban J connectivity index is 0. The summed E-state index contributed by atoms with van der Waals surface area (Å²) in [6.07, 6.45) is 41.1. The van der Waals surface area contributed by atoms with E-state index < -0.39 is 0 Å². The normalized spacial score (nSPS) is 11.7. The van der Waals surface area contributed by atoms with Crippen LogP contribution in [0.3, 0.4) is 0 Å². The SMILES string of the molecule is CCCCCCCCCCCCCCCC[N+](CC)(CC)CCCCCCCCCCCCCCCC.[BH4-]. The van der Waals surface area contributed by atoms with Crippen LogP contribution in [-0.4, -0.2) is 39.1 Å². The van der Waals surface area contributed by atoms with Gasteiger partial charge in [0.15, 0.2) is 0 Å². The molecule has 0 unspecified atom stereocenters. The lowest BCUT2D eigenvalue weighted by atomic mass is 10.0. The van der Waals surface area contributed by atoms with Crippen LogP contribution >= 0.6 is 0 Å². The predicted molar refractivity (Wildman–Crippen MR) is 183 cm³/mol. The van der Waals surface area contributed by atoms with Gasteiger partial charge in [0, 0.05) is 0 Å². The highest BCUT2D eigenvalue weighted by Crippen LogP contribution is 2.17. The van der Waals surface area contributed by atoms with Crippen LogP contribution in [0.15, 0.2) is 0 Å². The van der Waals surface area contributed by atoms with Crippen molar-refractivity contribution >= 4 is 8.41 Å². The number of nitrogens with zero attached hydrogens (tertiary/aromatic N) is 1. The van der Waals surface area contributed by atoms with E-state index in [-0.39, 0.29) is 8.41 Å². The Kier molecular flexibility index (Phi) is 35.1. The van der Waals surface area contributed by atoms with Crippen LogP contribution in [0.5, 0.6) is 0 Å². The van der Waals surface area contributed by atoms with Crippen LogP contribution in [-0.2, 0) is 0 Å². The minimum atomic E-state index is 0. The quantitative estimate of drug-likeness (QED) is 0.0455. The first-order chi connectivity index (χ1) is 18.2. The highest BCUT2D eigenvalue weighted by Gasteiger charge is 2.21. The molecule has 232 valence electrons. The van der Waals surface area contributed by atoms with E-state index in [4.69, 9.17) is 0 Å². The third kappa shape index (κ3) is 27.6. The van der Waals surface area contributed by atoms with Crippen LogP contribution in [0.2, 0.25) is 0 Å². The van der Waals surface area contributed by atoms with E-state index >= 15 is 0 Å². The lowest BCUT2D eigenvalue weighted by Crippen LogP contribution is -2.49. The summed E-state index contributed by atoms with van der Waals surface area (Å²) in [4.78, 5) is 0. The predicted octanol–water partition coefficient (Wildman–Crippen LogP) is 11.4. The lowest BCUT2D eigenvalue weighted by Gasteiger charge is -2.37. The molecule has 0 aliphatic rings. The molecule has 0 rings (SSSR count). The van der Waals surface area contributed by atoms with Gasteiger partial charge in [-0.3, -0.25) is 0 Å². The molecular weight excluding hydrogens is 457 g/mol. The average molecular weight is 538 g/mol. The summed E-state index contributed by atoms with van der Waals surface area (Å²) in [6.45, 7) is 15.1. The molecule has 38 heavy (non-hydrogen) atoms. The Hall–Kier alpha value is 0.0249. The Morgan fingerprint density at radius 3 is 0.632 bits per heavy atom. The van der Waals surface area contributed by atoms with Crippen LogP contribution in [0.25, 0.3) is 0 Å². The molecule has 0 saturated carbocycles. The van der Waals surface area contributed by atoms with E-state index in [1.54, 1.807) is 0 Å². The summed E-state index contributed by atoms with van der Waals surface area (Å²) in [6, 6.07) is 0. The molecule has 0 radical (unpaired) electrons. The first-order valence-corrected chi connectivity index (χ1v) is 18.1. The molecule has 0 spiro atoms. The Morgan fingerprint density at radius 2 is 0.447 bits per heavy atom. The molecule has 1 nitrogen and oxygen atoms in total. The smallest absolute Gasteiger partial charge is 0.0786 e. The maximum atomic E-state index is 2.44. The van der Waals surface area contributed by atoms with Gasteiger partial charge < -0.3 is 4.48 Å². The van der Waals surface area contributed by atoms with Gasteiger partial charge in [-0.2, -0.15) is 0 Å². The van der Waals surface area contributed by atoms with E-state index in [1.807, 2.05) is 0 Å². The molecule has 0 aromatic carbocycles. The van der Waals surface area contributed by atoms with Gasteiger partial charge in [0.2, 0.25) is 0 Å². The number of hydrogen-bond donors (Lipinski definition) is 0. The third-order valence-corrected chi connectivity index (χ3v) is 9.31. The van der Waals surface area contributed by atoms with E-state index in [0.717, 1.165) is 0 Å². The summed E-state index contributed by atoms with van der Waals surface area (Å²) in [5, 5.41) is 0. The van der Waals surface area contributed by atoms with Crippen molar-refractivity contribution in [3.8, 4) is 0 Å². The van der Waals surface area contributed by atoms with Crippen molar-refractivity contribution in [1.29, 1.82) is 0 Å². The first-order valence-electron chi connectivity index (χ1n) is 18.1. The second kappa shape index (κ2) is 33.2. The summed E-state index contributed by atoms with van der Waals surface area (Å²) < 4.78 is 1.39. The Morgan fingerprint density at radius 1 is 0.263 bits per heavy atom. The van der Waals surface area contributed by atoms with Gasteiger partial charge in [0.25, 0.3) is 0 Å². The zero-order chi connectivity index (χ0) is 27.1.